The number of nitriles is 1. The van der Waals surface area contributed by atoms with Crippen molar-refractivity contribution in [2.24, 2.45) is 0 Å². The van der Waals surface area contributed by atoms with Gasteiger partial charge in [-0.2, -0.15) is 5.26 Å². The molecule has 0 aliphatic rings. The van der Waals surface area contributed by atoms with Crippen LogP contribution in [0.5, 0.6) is 0 Å². The second-order valence-electron chi connectivity index (χ2n) is 5.29. The predicted octanol–water partition coefficient (Wildman–Crippen LogP) is 4.30. The third kappa shape index (κ3) is 4.47. The Hall–Kier alpha value is -2.27. The van der Waals surface area contributed by atoms with E-state index in [1.54, 1.807) is 35.2 Å². The maximum Gasteiger partial charge on any atom is 0.237 e. The van der Waals surface area contributed by atoms with Crippen molar-refractivity contribution in [3.05, 3.63) is 46.6 Å². The Bertz CT molecular complexity index is 985. The van der Waals surface area contributed by atoms with Crippen LogP contribution < -0.4 is 4.90 Å². The SMILES string of the molecule is N#CCCN(C(=O)CSc1nc2ncc(Cl)cc2[nH]1)c1cccc(Cl)c1. The molecular weight excluding hydrogens is 393 g/mol. The van der Waals surface area contributed by atoms with Gasteiger partial charge in [-0.25, -0.2) is 9.97 Å². The van der Waals surface area contributed by atoms with Crippen molar-refractivity contribution in [1.29, 1.82) is 5.26 Å². The Labute approximate surface area is 164 Å². The van der Waals surface area contributed by atoms with Crippen molar-refractivity contribution in [2.45, 2.75) is 11.6 Å². The zero-order chi connectivity index (χ0) is 18.5. The van der Waals surface area contributed by atoms with Crippen LogP contribution in [0.25, 0.3) is 11.2 Å². The van der Waals surface area contributed by atoms with Gasteiger partial charge in [-0.1, -0.05) is 41.0 Å². The third-order valence-electron chi connectivity index (χ3n) is 3.48. The molecule has 2 heterocycles. The quantitative estimate of drug-likeness (QED) is 0.617. The lowest BCUT2D eigenvalue weighted by molar-refractivity contribution is -0.116. The van der Waals surface area contributed by atoms with Crippen LogP contribution in [-0.2, 0) is 4.79 Å². The summed E-state index contributed by atoms with van der Waals surface area (Å²) in [7, 11) is 0. The highest BCUT2D eigenvalue weighted by atomic mass is 35.5. The van der Waals surface area contributed by atoms with E-state index in [2.05, 4.69) is 21.0 Å². The highest BCUT2D eigenvalue weighted by Crippen LogP contribution is 2.24. The van der Waals surface area contributed by atoms with Crippen LogP contribution in [-0.4, -0.2) is 33.2 Å². The molecule has 1 amide bonds. The first-order valence-corrected chi connectivity index (χ1v) is 9.38. The molecule has 0 radical (unpaired) electrons. The lowest BCUT2D eigenvalue weighted by atomic mass is 10.2. The van der Waals surface area contributed by atoms with Crippen LogP contribution in [0.15, 0.2) is 41.7 Å². The molecule has 0 fully saturated rings. The number of thioether (sulfide) groups is 1. The Morgan fingerprint density at radius 2 is 2.15 bits per heavy atom. The first-order valence-electron chi connectivity index (χ1n) is 7.64. The van der Waals surface area contributed by atoms with Crippen LogP contribution in [0.4, 0.5) is 5.69 Å². The van der Waals surface area contributed by atoms with Crippen LogP contribution in [0.2, 0.25) is 10.0 Å². The van der Waals surface area contributed by atoms with Crippen molar-refractivity contribution >= 4 is 57.7 Å². The summed E-state index contributed by atoms with van der Waals surface area (Å²) in [4.78, 5) is 25.8. The minimum atomic E-state index is -0.140. The Kier molecular flexibility index (Phi) is 5.99. The number of rotatable bonds is 6. The van der Waals surface area contributed by atoms with E-state index in [1.807, 2.05) is 0 Å². The van der Waals surface area contributed by atoms with E-state index in [4.69, 9.17) is 28.5 Å². The number of benzene rings is 1. The van der Waals surface area contributed by atoms with Crippen LogP contribution in [0.3, 0.4) is 0 Å². The summed E-state index contributed by atoms with van der Waals surface area (Å²) in [5.74, 6) is 0.0184. The maximum absolute atomic E-state index is 12.7. The fourth-order valence-corrected chi connectivity index (χ4v) is 3.42. The number of amides is 1. The number of carbonyl (C=O) groups is 1. The van der Waals surface area contributed by atoms with Crippen molar-refractivity contribution in [3.8, 4) is 6.07 Å². The number of nitrogens with zero attached hydrogens (tertiary/aromatic N) is 4. The summed E-state index contributed by atoms with van der Waals surface area (Å²) in [5.41, 5.74) is 1.92. The largest absolute Gasteiger partial charge is 0.331 e. The van der Waals surface area contributed by atoms with Gasteiger partial charge in [0.1, 0.15) is 0 Å². The Balaban J connectivity index is 1.73. The molecule has 0 spiro atoms. The summed E-state index contributed by atoms with van der Waals surface area (Å²) in [6.07, 6.45) is 1.75. The molecule has 26 heavy (non-hydrogen) atoms. The fraction of sp³-hybridized carbons (Fsp3) is 0.176. The molecule has 3 rings (SSSR count). The summed E-state index contributed by atoms with van der Waals surface area (Å²) < 4.78 is 0. The lowest BCUT2D eigenvalue weighted by Crippen LogP contribution is -2.33. The Morgan fingerprint density at radius 1 is 1.31 bits per heavy atom. The fourth-order valence-electron chi connectivity index (χ4n) is 2.33. The highest BCUT2D eigenvalue weighted by Gasteiger charge is 2.17. The average Bonchev–Trinajstić information content (AvgIpc) is 3.02. The number of H-pyrrole nitrogens is 1. The number of fused-ring (bicyclic) bond motifs is 1. The molecule has 1 aromatic carbocycles. The van der Waals surface area contributed by atoms with Crippen molar-refractivity contribution in [3.63, 3.8) is 0 Å². The number of imidazole rings is 1. The van der Waals surface area contributed by atoms with E-state index in [9.17, 15) is 4.79 Å². The van der Waals surface area contributed by atoms with E-state index in [-0.39, 0.29) is 18.1 Å². The normalized spacial score (nSPS) is 10.7. The van der Waals surface area contributed by atoms with E-state index in [1.165, 1.54) is 18.0 Å². The molecular formula is C17H13Cl2N5OS. The van der Waals surface area contributed by atoms with Gasteiger partial charge in [0, 0.05) is 23.5 Å². The molecule has 0 bridgehead atoms. The zero-order valence-electron chi connectivity index (χ0n) is 13.4. The minimum absolute atomic E-state index is 0.140. The van der Waals surface area contributed by atoms with E-state index in [0.29, 0.717) is 38.6 Å². The number of halogens is 2. The van der Waals surface area contributed by atoms with Crippen LogP contribution in [0, 0.1) is 11.3 Å². The molecule has 3 aromatic rings. The van der Waals surface area contributed by atoms with Crippen LogP contribution in [0.1, 0.15) is 6.42 Å². The second-order valence-corrected chi connectivity index (χ2v) is 7.13. The number of anilines is 1. The molecule has 0 saturated heterocycles. The molecule has 0 aliphatic carbocycles. The number of pyridine rings is 1. The monoisotopic (exact) mass is 405 g/mol. The predicted molar refractivity (Wildman–Crippen MR) is 104 cm³/mol. The summed E-state index contributed by atoms with van der Waals surface area (Å²) in [6, 6.07) is 10.8. The molecule has 0 unspecified atom stereocenters. The van der Waals surface area contributed by atoms with Crippen molar-refractivity contribution in [1.82, 2.24) is 15.0 Å². The summed E-state index contributed by atoms with van der Waals surface area (Å²) in [5, 5.41) is 10.5. The molecule has 2 aromatic heterocycles. The number of hydrogen-bond acceptors (Lipinski definition) is 5. The molecule has 0 aliphatic heterocycles. The number of aromatic nitrogens is 3. The van der Waals surface area contributed by atoms with Gasteiger partial charge in [-0.05, 0) is 24.3 Å². The van der Waals surface area contributed by atoms with Gasteiger partial charge in [0.15, 0.2) is 10.8 Å². The maximum atomic E-state index is 12.7. The summed E-state index contributed by atoms with van der Waals surface area (Å²) in [6.45, 7) is 0.299. The molecule has 0 saturated carbocycles. The van der Waals surface area contributed by atoms with E-state index < -0.39 is 0 Å². The lowest BCUT2D eigenvalue weighted by Gasteiger charge is -2.21. The minimum Gasteiger partial charge on any atom is -0.331 e. The number of nitrogens with one attached hydrogen (secondary N) is 1. The van der Waals surface area contributed by atoms with Gasteiger partial charge in [0.05, 0.1) is 28.8 Å². The molecule has 1 N–H and O–H groups in total. The van der Waals surface area contributed by atoms with E-state index >= 15 is 0 Å². The molecule has 6 nitrogen and oxygen atoms in total. The second kappa shape index (κ2) is 8.41. The molecule has 132 valence electrons. The van der Waals surface area contributed by atoms with Gasteiger partial charge in [0.25, 0.3) is 0 Å². The Morgan fingerprint density at radius 3 is 2.92 bits per heavy atom. The van der Waals surface area contributed by atoms with E-state index in [0.717, 1.165) is 0 Å². The topological polar surface area (TPSA) is 85.7 Å². The van der Waals surface area contributed by atoms with Gasteiger partial charge in [-0.15, -0.1) is 0 Å². The average molecular weight is 406 g/mol. The first kappa shape index (κ1) is 18.5. The number of carbonyl (C=O) groups excluding carboxylic acids is 1. The first-order chi connectivity index (χ1) is 12.6. The number of hydrogen-bond donors (Lipinski definition) is 1. The van der Waals surface area contributed by atoms with Gasteiger partial charge >= 0.3 is 0 Å². The molecule has 0 atom stereocenters. The van der Waals surface area contributed by atoms with Gasteiger partial charge in [0.2, 0.25) is 5.91 Å². The van der Waals surface area contributed by atoms with Crippen LogP contribution >= 0.6 is 35.0 Å². The van der Waals surface area contributed by atoms with Gasteiger partial charge < -0.3 is 9.88 Å². The smallest absolute Gasteiger partial charge is 0.237 e. The van der Waals surface area contributed by atoms with Crippen molar-refractivity contribution in [2.75, 3.05) is 17.2 Å². The third-order valence-corrected chi connectivity index (χ3v) is 4.78. The van der Waals surface area contributed by atoms with Crippen molar-refractivity contribution < 1.29 is 4.79 Å². The highest BCUT2D eigenvalue weighted by molar-refractivity contribution is 7.99. The van der Waals surface area contributed by atoms with Gasteiger partial charge in [-0.3, -0.25) is 4.79 Å². The number of aromatic amines is 1. The molecule has 9 heteroatoms. The standard InChI is InChI=1S/C17H13Cl2N5OS/c18-11-3-1-4-13(7-11)24(6-2-5-20)15(25)10-26-17-22-14-8-12(19)9-21-16(14)23-17/h1,3-4,7-9H,2,6,10H2,(H,21,22,23). The zero-order valence-corrected chi connectivity index (χ0v) is 15.8. The summed E-state index contributed by atoms with van der Waals surface area (Å²) >= 11 is 13.2.